The molecule has 3 aromatic rings. The fourth-order valence-electron chi connectivity index (χ4n) is 4.37. The molecule has 44 heavy (non-hydrogen) atoms. The number of benzene rings is 3. The van der Waals surface area contributed by atoms with E-state index in [1.54, 1.807) is 23.2 Å². The van der Waals surface area contributed by atoms with E-state index in [1.165, 1.54) is 36.4 Å². The van der Waals surface area contributed by atoms with Crippen LogP contribution in [-0.2, 0) is 4.79 Å². The zero-order valence-electron chi connectivity index (χ0n) is 22.7. The van der Waals surface area contributed by atoms with Crippen LogP contribution in [0.5, 0.6) is 11.5 Å². The zero-order valence-corrected chi connectivity index (χ0v) is 22.7. The number of carboxylic acid groups (broad SMARTS) is 1. The molecule has 3 unspecified atom stereocenters. The summed E-state index contributed by atoms with van der Waals surface area (Å²) in [4.78, 5) is 23.1. The van der Waals surface area contributed by atoms with Crippen molar-refractivity contribution in [3.05, 3.63) is 101 Å². The van der Waals surface area contributed by atoms with Gasteiger partial charge in [-0.1, -0.05) is 24.3 Å². The number of aliphatic carboxylic acids is 1. The summed E-state index contributed by atoms with van der Waals surface area (Å²) in [6.07, 6.45) is -9.74. The van der Waals surface area contributed by atoms with Crippen LogP contribution in [0.3, 0.4) is 0 Å². The molecule has 1 heterocycles. The van der Waals surface area contributed by atoms with Gasteiger partial charge in [-0.05, 0) is 78.2 Å². The number of carboxylic acids is 1. The standard InChI is InChI=1S/C29H25F6N3O6/c1-16(17-2-4-20(5-3-17)26(40)36-15-25(39)27(41)42)38-24(19-8-12-22(13-9-19)44-29(33,34)35)14-23(37-38)18-6-10-21(11-7-18)43-28(30,31)32/h2-14,16,23,25,37,39H,15H2,1H3,(H,36,40)(H,41,42). The molecule has 234 valence electrons. The van der Waals surface area contributed by atoms with E-state index in [1.807, 2.05) is 6.92 Å². The third-order valence-corrected chi connectivity index (χ3v) is 6.50. The quantitative estimate of drug-likeness (QED) is 0.224. The Kier molecular flexibility index (Phi) is 9.39. The molecule has 4 rings (SSSR count). The number of carbonyl (C=O) groups is 2. The highest BCUT2D eigenvalue weighted by Crippen LogP contribution is 2.38. The van der Waals surface area contributed by atoms with Gasteiger partial charge in [-0.15, -0.1) is 26.3 Å². The first-order valence-electron chi connectivity index (χ1n) is 12.9. The second-order valence-electron chi connectivity index (χ2n) is 9.58. The first kappa shape index (κ1) is 32.2. The van der Waals surface area contributed by atoms with Gasteiger partial charge in [0.05, 0.1) is 24.3 Å². The molecule has 0 radical (unpaired) electrons. The average molecular weight is 626 g/mol. The van der Waals surface area contributed by atoms with Crippen LogP contribution < -0.4 is 20.2 Å². The smallest absolute Gasteiger partial charge is 0.479 e. The van der Waals surface area contributed by atoms with Crippen LogP contribution in [-0.4, -0.2) is 52.5 Å². The molecule has 0 saturated heterocycles. The van der Waals surface area contributed by atoms with Gasteiger partial charge in [0, 0.05) is 5.56 Å². The molecule has 0 aromatic heterocycles. The van der Waals surface area contributed by atoms with E-state index in [4.69, 9.17) is 5.11 Å². The van der Waals surface area contributed by atoms with E-state index in [0.29, 0.717) is 22.4 Å². The van der Waals surface area contributed by atoms with Gasteiger partial charge in [-0.25, -0.2) is 10.2 Å². The minimum absolute atomic E-state index is 0.197. The number of hydrogen-bond donors (Lipinski definition) is 4. The largest absolute Gasteiger partial charge is 0.573 e. The van der Waals surface area contributed by atoms with Crippen LogP contribution in [0.25, 0.3) is 5.70 Å². The van der Waals surface area contributed by atoms with Crippen molar-refractivity contribution < 1.29 is 55.6 Å². The number of hydrazine groups is 1. The highest BCUT2D eigenvalue weighted by Gasteiger charge is 2.33. The molecule has 0 spiro atoms. The Balaban J connectivity index is 1.58. The molecule has 4 N–H and O–H groups in total. The second kappa shape index (κ2) is 12.9. The third-order valence-electron chi connectivity index (χ3n) is 6.50. The van der Waals surface area contributed by atoms with Crippen LogP contribution in [0.15, 0.2) is 78.9 Å². The number of carbonyl (C=O) groups excluding carboxylic acids is 1. The Labute approximate surface area is 246 Å². The Morgan fingerprint density at radius 3 is 1.91 bits per heavy atom. The lowest BCUT2D eigenvalue weighted by molar-refractivity contribution is -0.275. The minimum Gasteiger partial charge on any atom is -0.479 e. The van der Waals surface area contributed by atoms with E-state index in [2.05, 4.69) is 20.2 Å². The maximum atomic E-state index is 12.7. The lowest BCUT2D eigenvalue weighted by Crippen LogP contribution is -2.36. The molecule has 0 bridgehead atoms. The number of ether oxygens (including phenoxy) is 2. The predicted octanol–water partition coefficient (Wildman–Crippen LogP) is 5.32. The average Bonchev–Trinajstić information content (AvgIpc) is 3.40. The lowest BCUT2D eigenvalue weighted by atomic mass is 10.0. The molecular weight excluding hydrogens is 600 g/mol. The summed E-state index contributed by atoms with van der Waals surface area (Å²) < 4.78 is 83.7. The van der Waals surface area contributed by atoms with Crippen molar-refractivity contribution in [2.45, 2.75) is 37.8 Å². The molecule has 3 aromatic carbocycles. The SMILES string of the molecule is CC(c1ccc(C(=O)NCC(O)C(=O)O)cc1)N1NC(c2ccc(OC(F)(F)F)cc2)C=C1c1ccc(OC(F)(F)F)cc1. The highest BCUT2D eigenvalue weighted by molar-refractivity contribution is 5.94. The van der Waals surface area contributed by atoms with Gasteiger partial charge in [-0.3, -0.25) is 4.79 Å². The van der Waals surface area contributed by atoms with Crippen molar-refractivity contribution >= 4 is 17.6 Å². The van der Waals surface area contributed by atoms with Crippen molar-refractivity contribution in [1.29, 1.82) is 0 Å². The van der Waals surface area contributed by atoms with Gasteiger partial charge in [0.15, 0.2) is 6.10 Å². The van der Waals surface area contributed by atoms with Crippen LogP contribution in [0.2, 0.25) is 0 Å². The van der Waals surface area contributed by atoms with Crippen molar-refractivity contribution in [2.24, 2.45) is 0 Å². The molecule has 0 fully saturated rings. The van der Waals surface area contributed by atoms with Crippen molar-refractivity contribution in [3.8, 4) is 11.5 Å². The number of nitrogens with zero attached hydrogens (tertiary/aromatic N) is 1. The summed E-state index contributed by atoms with van der Waals surface area (Å²) >= 11 is 0. The Morgan fingerprint density at radius 1 is 0.886 bits per heavy atom. The van der Waals surface area contributed by atoms with Gasteiger partial charge in [0.2, 0.25) is 0 Å². The van der Waals surface area contributed by atoms with E-state index in [-0.39, 0.29) is 5.56 Å². The molecule has 9 nitrogen and oxygen atoms in total. The second-order valence-corrected chi connectivity index (χ2v) is 9.58. The fraction of sp³-hybridized carbons (Fsp3) is 0.241. The number of aliphatic hydroxyl groups is 1. The number of amides is 1. The van der Waals surface area contributed by atoms with Gasteiger partial charge < -0.3 is 30.0 Å². The number of hydrogen-bond acceptors (Lipinski definition) is 7. The molecule has 0 aliphatic carbocycles. The zero-order chi connectivity index (χ0) is 32.2. The van der Waals surface area contributed by atoms with Crippen LogP contribution in [0, 0.1) is 0 Å². The minimum atomic E-state index is -4.87. The Hall–Kier alpha value is -4.76. The summed E-state index contributed by atoms with van der Waals surface area (Å²) in [5.41, 5.74) is 5.77. The molecular formula is C29H25F6N3O6. The Bertz CT molecular complexity index is 1490. The summed E-state index contributed by atoms with van der Waals surface area (Å²) in [6, 6.07) is 15.6. The number of halogens is 6. The maximum Gasteiger partial charge on any atom is 0.573 e. The molecule has 15 heteroatoms. The normalized spacial score (nSPS) is 16.6. The molecule has 1 amide bonds. The molecule has 1 aliphatic rings. The first-order chi connectivity index (χ1) is 20.6. The topological polar surface area (TPSA) is 120 Å². The van der Waals surface area contributed by atoms with E-state index >= 15 is 0 Å². The van der Waals surface area contributed by atoms with Crippen LogP contribution >= 0.6 is 0 Å². The highest BCUT2D eigenvalue weighted by atomic mass is 19.4. The maximum absolute atomic E-state index is 12.7. The van der Waals surface area contributed by atoms with Gasteiger partial charge >= 0.3 is 18.7 Å². The summed E-state index contributed by atoms with van der Waals surface area (Å²) in [6.45, 7) is 1.32. The van der Waals surface area contributed by atoms with Crippen LogP contribution in [0.4, 0.5) is 26.3 Å². The summed E-state index contributed by atoms with van der Waals surface area (Å²) in [5, 5.41) is 22.2. The number of nitrogens with one attached hydrogen (secondary N) is 2. The molecule has 1 aliphatic heterocycles. The van der Waals surface area contributed by atoms with Crippen LogP contribution in [0.1, 0.15) is 46.1 Å². The predicted molar refractivity (Wildman–Crippen MR) is 143 cm³/mol. The lowest BCUT2D eigenvalue weighted by Gasteiger charge is -2.31. The fourth-order valence-corrected chi connectivity index (χ4v) is 4.37. The summed E-state index contributed by atoms with van der Waals surface area (Å²) in [7, 11) is 0. The number of alkyl halides is 6. The molecule has 3 atom stereocenters. The van der Waals surface area contributed by atoms with E-state index in [9.17, 15) is 41.0 Å². The first-order valence-corrected chi connectivity index (χ1v) is 12.9. The van der Waals surface area contributed by atoms with Gasteiger partial charge in [0.1, 0.15) is 11.5 Å². The van der Waals surface area contributed by atoms with Crippen molar-refractivity contribution in [3.63, 3.8) is 0 Å². The van der Waals surface area contributed by atoms with Crippen molar-refractivity contribution in [1.82, 2.24) is 15.8 Å². The number of rotatable bonds is 10. The van der Waals surface area contributed by atoms with E-state index < -0.39 is 60.8 Å². The monoisotopic (exact) mass is 625 g/mol. The number of aliphatic hydroxyl groups excluding tert-OH is 1. The summed E-state index contributed by atoms with van der Waals surface area (Å²) in [5.74, 6) is -2.92. The molecule has 0 saturated carbocycles. The Morgan fingerprint density at radius 2 is 1.41 bits per heavy atom. The van der Waals surface area contributed by atoms with E-state index in [0.717, 1.165) is 24.3 Å². The van der Waals surface area contributed by atoms with Gasteiger partial charge in [0.25, 0.3) is 5.91 Å². The van der Waals surface area contributed by atoms with Gasteiger partial charge in [-0.2, -0.15) is 0 Å². The third kappa shape index (κ3) is 8.41. The van der Waals surface area contributed by atoms with Crippen molar-refractivity contribution in [2.75, 3.05) is 6.54 Å².